The molecule has 3 atom stereocenters. The van der Waals surface area contributed by atoms with Gasteiger partial charge in [-0.3, -0.25) is 9.59 Å². The number of hydrogen-bond acceptors (Lipinski definition) is 11. The van der Waals surface area contributed by atoms with Crippen LogP contribution in [0.4, 0.5) is 0 Å². The van der Waals surface area contributed by atoms with Gasteiger partial charge in [-0.25, -0.2) is 14.4 Å². The fraction of sp³-hybridized carbons (Fsp3) is 0.714. The van der Waals surface area contributed by atoms with E-state index in [2.05, 4.69) is 10.6 Å². The number of carbonyl (C=O) groups is 5. The van der Waals surface area contributed by atoms with Crippen LogP contribution in [0.3, 0.4) is 0 Å². The fourth-order valence-corrected chi connectivity index (χ4v) is 4.04. The molecule has 15 heteroatoms. The molecule has 0 aliphatic carbocycles. The van der Waals surface area contributed by atoms with Gasteiger partial charge in [0.2, 0.25) is 11.8 Å². The predicted molar refractivity (Wildman–Crippen MR) is 141 cm³/mol. The first-order chi connectivity index (χ1) is 16.8. The molecule has 12 nitrogen and oxygen atoms in total. The smallest absolute Gasteiger partial charge is 0.345 e. The van der Waals surface area contributed by atoms with Crippen LogP contribution >= 0.6 is 35.7 Å². The number of nitrogens with one attached hydrogen (secondary N) is 2. The molecule has 7 N–H and O–H groups in total. The number of carbonyl (C=O) groups excluding carboxylic acids is 3. The van der Waals surface area contributed by atoms with Crippen molar-refractivity contribution in [2.24, 2.45) is 5.73 Å². The minimum atomic E-state index is -2.77. The van der Waals surface area contributed by atoms with E-state index in [0.717, 1.165) is 0 Å². The van der Waals surface area contributed by atoms with Gasteiger partial charge >= 0.3 is 17.9 Å². The minimum Gasteiger partial charge on any atom is -0.480 e. The highest BCUT2D eigenvalue weighted by atomic mass is 32.2. The Morgan fingerprint density at radius 1 is 0.917 bits per heavy atom. The van der Waals surface area contributed by atoms with Crippen molar-refractivity contribution < 1.29 is 44.0 Å². The standard InChI is InChI=1S/C21H35N3O9S3/c1-4-5-12(22)19(34)33-20(31)21(32,10-15(25)23-13(17(27)28)6-8-35-2)11-16(26)24-14(18(29)30)7-9-36-3/h12-14,32H,4-11,22H2,1-3H3,(H,23,25)(H,24,26)(H,27,28)(H,29,30). The van der Waals surface area contributed by atoms with Crippen molar-refractivity contribution in [3.63, 3.8) is 0 Å². The van der Waals surface area contributed by atoms with Gasteiger partial charge in [0.15, 0.2) is 10.7 Å². The Morgan fingerprint density at radius 3 is 1.67 bits per heavy atom. The number of aliphatic carboxylic acids is 2. The molecule has 0 saturated heterocycles. The van der Waals surface area contributed by atoms with E-state index in [-0.39, 0.29) is 17.9 Å². The molecule has 206 valence electrons. The van der Waals surface area contributed by atoms with Crippen molar-refractivity contribution in [3.8, 4) is 0 Å². The molecule has 0 heterocycles. The van der Waals surface area contributed by atoms with Gasteiger partial charge in [0, 0.05) is 0 Å². The molecule has 0 rings (SSSR count). The Balaban J connectivity index is 5.74. The molecule has 0 aromatic carbocycles. The van der Waals surface area contributed by atoms with Crippen LogP contribution in [-0.2, 0) is 28.7 Å². The van der Waals surface area contributed by atoms with E-state index in [1.807, 2.05) is 6.92 Å². The highest BCUT2D eigenvalue weighted by Crippen LogP contribution is 2.20. The van der Waals surface area contributed by atoms with E-state index in [1.165, 1.54) is 23.5 Å². The van der Waals surface area contributed by atoms with Crippen LogP contribution in [0.5, 0.6) is 0 Å². The third-order valence-electron chi connectivity index (χ3n) is 4.87. The summed E-state index contributed by atoms with van der Waals surface area (Å²) in [6.07, 6.45) is 2.60. The lowest BCUT2D eigenvalue weighted by atomic mass is 9.94. The van der Waals surface area contributed by atoms with Gasteiger partial charge < -0.3 is 36.4 Å². The van der Waals surface area contributed by atoms with Gasteiger partial charge in [0.05, 0.1) is 18.9 Å². The Kier molecular flexibility index (Phi) is 16.6. The number of rotatable bonds is 18. The van der Waals surface area contributed by atoms with Crippen molar-refractivity contribution in [1.29, 1.82) is 0 Å². The van der Waals surface area contributed by atoms with E-state index in [1.54, 1.807) is 12.5 Å². The molecule has 0 fully saturated rings. The summed E-state index contributed by atoms with van der Waals surface area (Å²) in [4.78, 5) is 60.9. The third-order valence-corrected chi connectivity index (χ3v) is 6.54. The van der Waals surface area contributed by atoms with Crippen molar-refractivity contribution in [2.45, 2.75) is 69.2 Å². The number of amides is 2. The first-order valence-corrected chi connectivity index (χ1v) is 14.3. The average molecular weight is 570 g/mol. The molecule has 0 aromatic heterocycles. The third kappa shape index (κ3) is 12.9. The summed E-state index contributed by atoms with van der Waals surface area (Å²) in [5.74, 6) is -5.29. The summed E-state index contributed by atoms with van der Waals surface area (Å²) >= 11 is 7.70. The molecule has 0 aliphatic rings. The second kappa shape index (κ2) is 17.5. The van der Waals surface area contributed by atoms with Gasteiger partial charge in [0.1, 0.15) is 12.1 Å². The summed E-state index contributed by atoms with van der Waals surface area (Å²) in [5.41, 5.74) is 3.05. The van der Waals surface area contributed by atoms with Crippen molar-refractivity contribution in [2.75, 3.05) is 24.0 Å². The minimum absolute atomic E-state index is 0.0806. The van der Waals surface area contributed by atoms with Crippen molar-refractivity contribution >= 4 is 70.5 Å². The Hall–Kier alpha value is -1.94. The largest absolute Gasteiger partial charge is 0.480 e. The van der Waals surface area contributed by atoms with E-state index >= 15 is 0 Å². The van der Waals surface area contributed by atoms with Crippen LogP contribution in [0.25, 0.3) is 0 Å². The van der Waals surface area contributed by atoms with E-state index < -0.39 is 66.3 Å². The number of thiocarbonyl (C=S) groups is 1. The van der Waals surface area contributed by atoms with E-state index in [9.17, 15) is 39.3 Å². The van der Waals surface area contributed by atoms with E-state index in [4.69, 9.17) is 22.7 Å². The lowest BCUT2D eigenvalue weighted by Gasteiger charge is -2.27. The van der Waals surface area contributed by atoms with Crippen molar-refractivity contribution in [3.05, 3.63) is 0 Å². The number of carboxylic acid groups (broad SMARTS) is 2. The number of nitrogens with two attached hydrogens (primary N) is 1. The zero-order valence-electron chi connectivity index (χ0n) is 20.5. The Morgan fingerprint density at radius 2 is 1.33 bits per heavy atom. The SMILES string of the molecule is CCCC(N)C(=S)OC(=O)C(O)(CC(=O)NC(CCSC)C(=O)O)CC(=O)NC(CCSC)C(=O)O. The van der Waals surface area contributed by atoms with Crippen LogP contribution in [0.2, 0.25) is 0 Å². The molecule has 0 aliphatic heterocycles. The van der Waals surface area contributed by atoms with Crippen LogP contribution in [0.1, 0.15) is 45.4 Å². The van der Waals surface area contributed by atoms with Crippen LogP contribution in [0, 0.1) is 0 Å². The molecular formula is C21H35N3O9S3. The molecule has 2 amide bonds. The number of carboxylic acids is 2. The molecule has 3 unspecified atom stereocenters. The number of ether oxygens (including phenoxy) is 1. The monoisotopic (exact) mass is 569 g/mol. The zero-order valence-corrected chi connectivity index (χ0v) is 22.9. The van der Waals surface area contributed by atoms with Crippen LogP contribution < -0.4 is 16.4 Å². The molecule has 0 bridgehead atoms. The van der Waals surface area contributed by atoms with Crippen molar-refractivity contribution in [1.82, 2.24) is 10.6 Å². The van der Waals surface area contributed by atoms with Gasteiger partial charge in [-0.2, -0.15) is 23.5 Å². The topological polar surface area (TPSA) is 205 Å². The lowest BCUT2D eigenvalue weighted by Crippen LogP contribution is -2.52. The average Bonchev–Trinajstić information content (AvgIpc) is 2.78. The summed E-state index contributed by atoms with van der Waals surface area (Å²) in [6.45, 7) is 1.82. The fourth-order valence-electron chi connectivity index (χ4n) is 2.91. The number of thioether (sulfide) groups is 2. The highest BCUT2D eigenvalue weighted by Gasteiger charge is 2.44. The number of hydrogen-bond donors (Lipinski definition) is 6. The zero-order chi connectivity index (χ0) is 27.9. The number of esters is 1. The molecule has 0 radical (unpaired) electrons. The summed E-state index contributed by atoms with van der Waals surface area (Å²) < 4.78 is 4.98. The maximum atomic E-state index is 12.8. The maximum Gasteiger partial charge on any atom is 0.345 e. The van der Waals surface area contributed by atoms with Gasteiger partial charge in [-0.1, -0.05) is 13.3 Å². The first-order valence-electron chi connectivity index (χ1n) is 11.1. The Labute approximate surface area is 223 Å². The normalized spacial score (nSPS) is 15.0. The van der Waals surface area contributed by atoms with Gasteiger partial charge in [0.25, 0.3) is 0 Å². The molecule has 0 aromatic rings. The second-order valence-corrected chi connectivity index (χ2v) is 10.3. The van der Waals surface area contributed by atoms with E-state index in [0.29, 0.717) is 24.3 Å². The molecule has 0 saturated carbocycles. The summed E-state index contributed by atoms with van der Waals surface area (Å²) in [6, 6.07) is -3.41. The highest BCUT2D eigenvalue weighted by molar-refractivity contribution is 7.98. The predicted octanol–water partition coefficient (Wildman–Crippen LogP) is 0.141. The first kappa shape index (κ1) is 34.1. The lowest BCUT2D eigenvalue weighted by molar-refractivity contribution is -0.163. The van der Waals surface area contributed by atoms with Crippen LogP contribution in [-0.4, -0.2) is 97.8 Å². The molecular weight excluding hydrogens is 534 g/mol. The molecule has 0 spiro atoms. The number of aliphatic hydroxyl groups is 1. The Bertz CT molecular complexity index is 756. The summed E-state index contributed by atoms with van der Waals surface area (Å²) in [5, 5.41) is 33.8. The van der Waals surface area contributed by atoms with Crippen LogP contribution in [0.15, 0.2) is 0 Å². The second-order valence-electron chi connectivity index (χ2n) is 7.97. The maximum absolute atomic E-state index is 12.8. The summed E-state index contributed by atoms with van der Waals surface area (Å²) in [7, 11) is 0. The van der Waals surface area contributed by atoms with Gasteiger partial charge in [-0.15, -0.1) is 0 Å². The molecule has 36 heavy (non-hydrogen) atoms. The van der Waals surface area contributed by atoms with Gasteiger partial charge in [-0.05, 0) is 55.5 Å². The quantitative estimate of drug-likeness (QED) is 0.0961.